The number of likely N-dealkylation sites (N-methyl/N-ethyl adjacent to an activating group) is 1. The zero-order chi connectivity index (χ0) is 15.8. The Bertz CT molecular complexity index is 453. The molecule has 0 heterocycles. The number of hydrogen-bond acceptors (Lipinski definition) is 3. The molecule has 0 aliphatic rings. The molecule has 0 fully saturated rings. The maximum Gasteiger partial charge on any atom is 0.244 e. The second-order valence-corrected chi connectivity index (χ2v) is 6.10. The number of nitrogens with zero attached hydrogens (tertiary/aromatic N) is 1. The summed E-state index contributed by atoms with van der Waals surface area (Å²) in [5, 5.41) is 3.07. The molecule has 4 nitrogen and oxygen atoms in total. The minimum atomic E-state index is -0.0562. The van der Waals surface area contributed by atoms with Gasteiger partial charge in [-0.1, -0.05) is 26.0 Å². The molecule has 0 aliphatic heterocycles. The Hall–Kier alpha value is -1.81. The van der Waals surface area contributed by atoms with Crippen molar-refractivity contribution in [2.24, 2.45) is 5.92 Å². The van der Waals surface area contributed by atoms with Gasteiger partial charge in [0.05, 0.1) is 0 Å². The number of amides is 1. The normalized spacial score (nSPS) is 13.0. The highest BCUT2D eigenvalue weighted by Gasteiger charge is 2.13. The van der Waals surface area contributed by atoms with Crippen molar-refractivity contribution in [3.05, 3.63) is 35.9 Å². The van der Waals surface area contributed by atoms with Crippen molar-refractivity contribution in [3.8, 4) is 0 Å². The van der Waals surface area contributed by atoms with Gasteiger partial charge in [0.15, 0.2) is 0 Å². The zero-order valence-corrected chi connectivity index (χ0v) is 13.5. The van der Waals surface area contributed by atoms with Gasteiger partial charge in [0.1, 0.15) is 0 Å². The SMILES string of the molecule is CC(C)CC(CN(C)C)NC(=O)/C=C/c1ccc(N)cc1. The number of benzene rings is 1. The minimum Gasteiger partial charge on any atom is -0.399 e. The van der Waals surface area contributed by atoms with E-state index in [1.807, 2.05) is 38.4 Å². The predicted molar refractivity (Wildman–Crippen MR) is 89.8 cm³/mol. The van der Waals surface area contributed by atoms with Gasteiger partial charge in [-0.25, -0.2) is 0 Å². The Morgan fingerprint density at radius 3 is 2.43 bits per heavy atom. The fourth-order valence-corrected chi connectivity index (χ4v) is 2.22. The summed E-state index contributed by atoms with van der Waals surface area (Å²) >= 11 is 0. The van der Waals surface area contributed by atoms with Crippen molar-refractivity contribution < 1.29 is 4.79 Å². The maximum atomic E-state index is 12.0. The number of nitrogens with two attached hydrogens (primary N) is 1. The standard InChI is InChI=1S/C17H27N3O/c1-13(2)11-16(12-20(3)4)19-17(21)10-7-14-5-8-15(18)9-6-14/h5-10,13,16H,11-12,18H2,1-4H3,(H,19,21)/b10-7+. The van der Waals surface area contributed by atoms with Crippen LogP contribution in [0.3, 0.4) is 0 Å². The average Bonchev–Trinajstić information content (AvgIpc) is 2.36. The van der Waals surface area contributed by atoms with Gasteiger partial charge < -0.3 is 16.0 Å². The molecule has 1 aromatic rings. The molecular weight excluding hydrogens is 262 g/mol. The van der Waals surface area contributed by atoms with Crippen LogP contribution in [0.4, 0.5) is 5.69 Å². The Labute approximate surface area is 128 Å². The van der Waals surface area contributed by atoms with Crippen molar-refractivity contribution in [1.29, 1.82) is 0 Å². The van der Waals surface area contributed by atoms with E-state index in [0.29, 0.717) is 5.92 Å². The number of anilines is 1. The van der Waals surface area contributed by atoms with Gasteiger partial charge in [0.25, 0.3) is 0 Å². The van der Waals surface area contributed by atoms with Crippen LogP contribution in [0.25, 0.3) is 6.08 Å². The lowest BCUT2D eigenvalue weighted by molar-refractivity contribution is -0.117. The number of carbonyl (C=O) groups excluding carboxylic acids is 1. The summed E-state index contributed by atoms with van der Waals surface area (Å²) in [6.45, 7) is 5.18. The van der Waals surface area contributed by atoms with E-state index in [-0.39, 0.29) is 11.9 Å². The molecule has 4 heteroatoms. The smallest absolute Gasteiger partial charge is 0.244 e. The molecule has 116 valence electrons. The lowest BCUT2D eigenvalue weighted by Gasteiger charge is -2.23. The first-order valence-electron chi connectivity index (χ1n) is 7.35. The van der Waals surface area contributed by atoms with Gasteiger partial charge in [0, 0.05) is 24.4 Å². The van der Waals surface area contributed by atoms with E-state index in [4.69, 9.17) is 5.73 Å². The zero-order valence-electron chi connectivity index (χ0n) is 13.5. The van der Waals surface area contributed by atoms with Gasteiger partial charge in [-0.15, -0.1) is 0 Å². The third kappa shape index (κ3) is 7.51. The third-order valence-electron chi connectivity index (χ3n) is 3.05. The van der Waals surface area contributed by atoms with E-state index in [0.717, 1.165) is 24.2 Å². The molecule has 21 heavy (non-hydrogen) atoms. The molecule has 1 amide bonds. The lowest BCUT2D eigenvalue weighted by Crippen LogP contribution is -2.41. The summed E-state index contributed by atoms with van der Waals surface area (Å²) in [6.07, 6.45) is 4.35. The lowest BCUT2D eigenvalue weighted by atomic mass is 10.0. The Kier molecular flexibility index (Phi) is 6.96. The Balaban J connectivity index is 2.58. The molecule has 3 N–H and O–H groups in total. The van der Waals surface area contributed by atoms with Crippen LogP contribution >= 0.6 is 0 Å². The first kappa shape index (κ1) is 17.2. The highest BCUT2D eigenvalue weighted by molar-refractivity contribution is 5.91. The van der Waals surface area contributed by atoms with Crippen LogP contribution in [0.1, 0.15) is 25.8 Å². The maximum absolute atomic E-state index is 12.0. The van der Waals surface area contributed by atoms with Gasteiger partial charge >= 0.3 is 0 Å². The van der Waals surface area contributed by atoms with E-state index in [9.17, 15) is 4.79 Å². The first-order valence-corrected chi connectivity index (χ1v) is 7.35. The predicted octanol–water partition coefficient (Wildman–Crippen LogP) is 2.37. The third-order valence-corrected chi connectivity index (χ3v) is 3.05. The summed E-state index contributed by atoms with van der Waals surface area (Å²) in [6, 6.07) is 7.61. The molecule has 0 radical (unpaired) electrons. The molecule has 0 spiro atoms. The fraction of sp³-hybridized carbons (Fsp3) is 0.471. The number of nitrogens with one attached hydrogen (secondary N) is 1. The van der Waals surface area contributed by atoms with Crippen LogP contribution in [-0.2, 0) is 4.79 Å². The fourth-order valence-electron chi connectivity index (χ4n) is 2.22. The summed E-state index contributed by atoms with van der Waals surface area (Å²) in [7, 11) is 4.04. The summed E-state index contributed by atoms with van der Waals surface area (Å²) < 4.78 is 0. The quantitative estimate of drug-likeness (QED) is 0.598. The number of nitrogen functional groups attached to an aromatic ring is 1. The van der Waals surface area contributed by atoms with Crippen LogP contribution in [0, 0.1) is 5.92 Å². The van der Waals surface area contributed by atoms with E-state index < -0.39 is 0 Å². The first-order chi connectivity index (χ1) is 9.86. The van der Waals surface area contributed by atoms with Gasteiger partial charge in [-0.2, -0.15) is 0 Å². The van der Waals surface area contributed by atoms with Crippen molar-refractivity contribution in [1.82, 2.24) is 10.2 Å². The molecule has 0 aliphatic carbocycles. The second-order valence-electron chi connectivity index (χ2n) is 6.10. The highest BCUT2D eigenvalue weighted by atomic mass is 16.1. The molecule has 1 aromatic carbocycles. The average molecular weight is 289 g/mol. The summed E-state index contributed by atoms with van der Waals surface area (Å²) in [5.41, 5.74) is 7.32. The van der Waals surface area contributed by atoms with Gasteiger partial charge in [-0.3, -0.25) is 4.79 Å². The molecule has 1 atom stereocenters. The minimum absolute atomic E-state index is 0.0562. The second kappa shape index (κ2) is 8.47. The summed E-state index contributed by atoms with van der Waals surface area (Å²) in [4.78, 5) is 14.1. The molecule has 0 aromatic heterocycles. The van der Waals surface area contributed by atoms with Crippen LogP contribution in [0.15, 0.2) is 30.3 Å². The van der Waals surface area contributed by atoms with E-state index in [1.54, 1.807) is 12.2 Å². The molecule has 0 bridgehead atoms. The monoisotopic (exact) mass is 289 g/mol. The van der Waals surface area contributed by atoms with Crippen LogP contribution in [0.5, 0.6) is 0 Å². The van der Waals surface area contributed by atoms with Gasteiger partial charge in [0.2, 0.25) is 5.91 Å². The Morgan fingerprint density at radius 2 is 1.90 bits per heavy atom. The van der Waals surface area contributed by atoms with Crippen molar-refractivity contribution in [3.63, 3.8) is 0 Å². The number of hydrogen-bond donors (Lipinski definition) is 2. The molecule has 0 saturated heterocycles. The van der Waals surface area contributed by atoms with E-state index in [1.165, 1.54) is 0 Å². The number of carbonyl (C=O) groups is 1. The largest absolute Gasteiger partial charge is 0.399 e. The molecule has 0 saturated carbocycles. The van der Waals surface area contributed by atoms with Gasteiger partial charge in [-0.05, 0) is 50.2 Å². The van der Waals surface area contributed by atoms with Crippen molar-refractivity contribution in [2.75, 3.05) is 26.4 Å². The van der Waals surface area contributed by atoms with Crippen LogP contribution < -0.4 is 11.1 Å². The topological polar surface area (TPSA) is 58.4 Å². The molecule has 1 unspecified atom stereocenters. The van der Waals surface area contributed by atoms with E-state index in [2.05, 4.69) is 24.1 Å². The molecule has 1 rings (SSSR count). The summed E-state index contributed by atoms with van der Waals surface area (Å²) in [5.74, 6) is 0.496. The number of rotatable bonds is 7. The molecular formula is C17H27N3O. The van der Waals surface area contributed by atoms with E-state index >= 15 is 0 Å². The highest BCUT2D eigenvalue weighted by Crippen LogP contribution is 2.08. The van der Waals surface area contributed by atoms with Crippen LogP contribution in [-0.4, -0.2) is 37.5 Å². The van der Waals surface area contributed by atoms with Crippen LogP contribution in [0.2, 0.25) is 0 Å². The van der Waals surface area contributed by atoms with Crippen molar-refractivity contribution in [2.45, 2.75) is 26.3 Å². The van der Waals surface area contributed by atoms with Crippen molar-refractivity contribution >= 4 is 17.7 Å². The Morgan fingerprint density at radius 1 is 1.29 bits per heavy atom.